The standard InChI is InChI=1S/C20H19N3O3/c1-25-17-11-16(23-20(24)14-3-5-15(21)6-4-14)12-18(26-2)19(17)13-7-9-22-10-8-13/h3-12H,21H2,1-2H3,(H,23,24). The van der Waals surface area contributed by atoms with Gasteiger partial charge in [-0.3, -0.25) is 9.78 Å². The zero-order valence-corrected chi connectivity index (χ0v) is 14.5. The van der Waals surface area contributed by atoms with E-state index in [4.69, 9.17) is 15.2 Å². The van der Waals surface area contributed by atoms with Gasteiger partial charge in [0.1, 0.15) is 11.5 Å². The number of anilines is 2. The molecule has 0 spiro atoms. The number of nitrogens with one attached hydrogen (secondary N) is 1. The van der Waals surface area contributed by atoms with Gasteiger partial charge in [0.25, 0.3) is 5.91 Å². The minimum atomic E-state index is -0.245. The number of nitrogen functional groups attached to an aromatic ring is 1. The fraction of sp³-hybridized carbons (Fsp3) is 0.100. The van der Waals surface area contributed by atoms with Gasteiger partial charge < -0.3 is 20.5 Å². The number of amides is 1. The molecule has 0 saturated carbocycles. The van der Waals surface area contributed by atoms with Gasteiger partial charge in [-0.2, -0.15) is 0 Å². The molecular weight excluding hydrogens is 330 g/mol. The highest BCUT2D eigenvalue weighted by Gasteiger charge is 2.16. The number of hydrogen-bond donors (Lipinski definition) is 2. The number of nitrogens with two attached hydrogens (primary N) is 1. The van der Waals surface area contributed by atoms with E-state index in [2.05, 4.69) is 10.3 Å². The summed E-state index contributed by atoms with van der Waals surface area (Å²) in [6, 6.07) is 14.0. The molecule has 0 aliphatic carbocycles. The molecular formula is C20H19N3O3. The van der Waals surface area contributed by atoms with Gasteiger partial charge in [0.05, 0.1) is 19.8 Å². The number of benzene rings is 2. The maximum Gasteiger partial charge on any atom is 0.255 e. The molecule has 6 heteroatoms. The fourth-order valence-electron chi connectivity index (χ4n) is 2.62. The highest BCUT2D eigenvalue weighted by atomic mass is 16.5. The third-order valence-electron chi connectivity index (χ3n) is 3.91. The van der Waals surface area contributed by atoms with Crippen LogP contribution in [0.15, 0.2) is 60.9 Å². The minimum absolute atomic E-state index is 0.245. The molecule has 0 aliphatic heterocycles. The van der Waals surface area contributed by atoms with Gasteiger partial charge in [0.2, 0.25) is 0 Å². The van der Waals surface area contributed by atoms with Crippen molar-refractivity contribution >= 4 is 17.3 Å². The quantitative estimate of drug-likeness (QED) is 0.687. The van der Waals surface area contributed by atoms with Gasteiger partial charge in [-0.05, 0) is 42.0 Å². The lowest BCUT2D eigenvalue weighted by molar-refractivity contribution is 0.102. The average molecular weight is 349 g/mol. The summed E-state index contributed by atoms with van der Waals surface area (Å²) < 4.78 is 11.0. The SMILES string of the molecule is COc1cc(NC(=O)c2ccc(N)cc2)cc(OC)c1-c1ccncc1. The van der Waals surface area contributed by atoms with Gasteiger partial charge in [-0.25, -0.2) is 0 Å². The Labute approximate surface area is 151 Å². The number of aromatic nitrogens is 1. The number of methoxy groups -OCH3 is 2. The Hall–Kier alpha value is -3.54. The molecule has 3 rings (SSSR count). The Morgan fingerprint density at radius 3 is 2.08 bits per heavy atom. The molecule has 0 fully saturated rings. The zero-order valence-electron chi connectivity index (χ0n) is 14.5. The lowest BCUT2D eigenvalue weighted by Gasteiger charge is -2.16. The van der Waals surface area contributed by atoms with Crippen molar-refractivity contribution in [2.75, 3.05) is 25.3 Å². The number of ether oxygens (including phenoxy) is 2. The summed E-state index contributed by atoms with van der Waals surface area (Å²) in [7, 11) is 3.15. The molecule has 26 heavy (non-hydrogen) atoms. The van der Waals surface area contributed by atoms with Crippen molar-refractivity contribution < 1.29 is 14.3 Å². The summed E-state index contributed by atoms with van der Waals surface area (Å²) in [6.45, 7) is 0. The first-order chi connectivity index (χ1) is 12.6. The molecule has 6 nitrogen and oxygen atoms in total. The van der Waals surface area contributed by atoms with Crippen LogP contribution in [0.25, 0.3) is 11.1 Å². The van der Waals surface area contributed by atoms with Gasteiger partial charge in [-0.15, -0.1) is 0 Å². The van der Waals surface area contributed by atoms with Crippen molar-refractivity contribution in [1.82, 2.24) is 4.98 Å². The lowest BCUT2D eigenvalue weighted by Crippen LogP contribution is -2.12. The Morgan fingerprint density at radius 1 is 0.962 bits per heavy atom. The maximum absolute atomic E-state index is 12.4. The second-order valence-corrected chi connectivity index (χ2v) is 5.57. The summed E-state index contributed by atoms with van der Waals surface area (Å²) in [5, 5.41) is 2.85. The normalized spacial score (nSPS) is 10.2. The molecule has 2 aromatic carbocycles. The van der Waals surface area contributed by atoms with Crippen LogP contribution in [0.4, 0.5) is 11.4 Å². The van der Waals surface area contributed by atoms with E-state index in [0.717, 1.165) is 11.1 Å². The predicted octanol–water partition coefficient (Wildman–Crippen LogP) is 3.60. The Balaban J connectivity index is 1.96. The van der Waals surface area contributed by atoms with Crippen LogP contribution in [-0.2, 0) is 0 Å². The molecule has 0 atom stereocenters. The van der Waals surface area contributed by atoms with Crippen molar-refractivity contribution in [3.8, 4) is 22.6 Å². The van der Waals surface area contributed by atoms with Crippen molar-refractivity contribution in [2.24, 2.45) is 0 Å². The van der Waals surface area contributed by atoms with Crippen LogP contribution >= 0.6 is 0 Å². The Bertz CT molecular complexity index is 884. The molecule has 132 valence electrons. The third kappa shape index (κ3) is 3.59. The number of rotatable bonds is 5. The van der Waals surface area contributed by atoms with Gasteiger partial charge in [0.15, 0.2) is 0 Å². The lowest BCUT2D eigenvalue weighted by atomic mass is 10.0. The topological polar surface area (TPSA) is 86.5 Å². The van der Waals surface area contributed by atoms with E-state index >= 15 is 0 Å². The van der Waals surface area contributed by atoms with Crippen LogP contribution in [0.1, 0.15) is 10.4 Å². The number of hydrogen-bond acceptors (Lipinski definition) is 5. The smallest absolute Gasteiger partial charge is 0.255 e. The monoisotopic (exact) mass is 349 g/mol. The van der Waals surface area contributed by atoms with Crippen molar-refractivity contribution in [1.29, 1.82) is 0 Å². The maximum atomic E-state index is 12.4. The highest BCUT2D eigenvalue weighted by molar-refractivity contribution is 6.05. The molecule has 0 bridgehead atoms. The molecule has 0 saturated heterocycles. The van der Waals surface area contributed by atoms with E-state index in [1.807, 2.05) is 12.1 Å². The van der Waals surface area contributed by atoms with Crippen LogP contribution in [0.5, 0.6) is 11.5 Å². The van der Waals surface area contributed by atoms with Crippen molar-refractivity contribution in [2.45, 2.75) is 0 Å². The average Bonchev–Trinajstić information content (AvgIpc) is 2.68. The summed E-state index contributed by atoms with van der Waals surface area (Å²) in [4.78, 5) is 16.5. The molecule has 1 amide bonds. The van der Waals surface area contributed by atoms with Gasteiger partial charge in [0, 0.05) is 41.5 Å². The third-order valence-corrected chi connectivity index (χ3v) is 3.91. The molecule has 0 unspecified atom stereocenters. The number of nitrogens with zero attached hydrogens (tertiary/aromatic N) is 1. The summed E-state index contributed by atoms with van der Waals surface area (Å²) in [6.07, 6.45) is 3.40. The second kappa shape index (κ2) is 7.57. The van der Waals surface area contributed by atoms with E-state index in [9.17, 15) is 4.79 Å². The van der Waals surface area contributed by atoms with Crippen LogP contribution in [-0.4, -0.2) is 25.1 Å². The second-order valence-electron chi connectivity index (χ2n) is 5.57. The van der Waals surface area contributed by atoms with E-state index in [1.54, 1.807) is 63.0 Å². The summed E-state index contributed by atoms with van der Waals surface area (Å²) in [5.74, 6) is 0.928. The first-order valence-electron chi connectivity index (χ1n) is 7.95. The molecule has 3 N–H and O–H groups in total. The number of carbonyl (C=O) groups excluding carboxylic acids is 1. The first kappa shape index (κ1) is 17.3. The van der Waals surface area contributed by atoms with E-state index in [-0.39, 0.29) is 5.91 Å². The van der Waals surface area contributed by atoms with Crippen LogP contribution in [0.2, 0.25) is 0 Å². The fourth-order valence-corrected chi connectivity index (χ4v) is 2.62. The van der Waals surface area contributed by atoms with Crippen LogP contribution < -0.4 is 20.5 Å². The molecule has 0 aliphatic rings. The summed E-state index contributed by atoms with van der Waals surface area (Å²) in [5.41, 5.74) is 9.04. The van der Waals surface area contributed by atoms with Crippen molar-refractivity contribution in [3.05, 3.63) is 66.5 Å². The summed E-state index contributed by atoms with van der Waals surface area (Å²) >= 11 is 0. The van der Waals surface area contributed by atoms with E-state index < -0.39 is 0 Å². The largest absolute Gasteiger partial charge is 0.496 e. The van der Waals surface area contributed by atoms with Gasteiger partial charge >= 0.3 is 0 Å². The number of carbonyl (C=O) groups is 1. The molecule has 3 aromatic rings. The highest BCUT2D eigenvalue weighted by Crippen LogP contribution is 2.40. The van der Waals surface area contributed by atoms with E-state index in [1.165, 1.54) is 0 Å². The minimum Gasteiger partial charge on any atom is -0.496 e. The van der Waals surface area contributed by atoms with Crippen molar-refractivity contribution in [3.63, 3.8) is 0 Å². The van der Waals surface area contributed by atoms with Gasteiger partial charge in [-0.1, -0.05) is 0 Å². The Kier molecular flexibility index (Phi) is 5.03. The van der Waals surface area contributed by atoms with E-state index in [0.29, 0.717) is 28.4 Å². The van der Waals surface area contributed by atoms with Crippen LogP contribution in [0.3, 0.4) is 0 Å². The molecule has 1 heterocycles. The number of pyridine rings is 1. The predicted molar refractivity (Wildman–Crippen MR) is 102 cm³/mol. The Morgan fingerprint density at radius 2 is 1.54 bits per heavy atom. The van der Waals surface area contributed by atoms with Crippen LogP contribution in [0, 0.1) is 0 Å². The zero-order chi connectivity index (χ0) is 18.5. The molecule has 1 aromatic heterocycles. The first-order valence-corrected chi connectivity index (χ1v) is 7.95. The molecule has 0 radical (unpaired) electrons.